The van der Waals surface area contributed by atoms with Crippen molar-refractivity contribution in [3.05, 3.63) is 83.3 Å². The number of nitrogens with one attached hydrogen (secondary N) is 1. The van der Waals surface area contributed by atoms with Crippen LogP contribution in [0.2, 0.25) is 0 Å². The van der Waals surface area contributed by atoms with Crippen molar-refractivity contribution in [1.82, 2.24) is 10.2 Å². The van der Waals surface area contributed by atoms with E-state index in [0.29, 0.717) is 23.0 Å². The zero-order chi connectivity index (χ0) is 19.6. The van der Waals surface area contributed by atoms with Gasteiger partial charge in [-0.1, -0.05) is 34.1 Å². The molecule has 1 heterocycles. The number of anilines is 1. The molecule has 4 rings (SSSR count). The molecular weight excluding hydrogens is 442 g/mol. The minimum absolute atomic E-state index is 0.184. The molecule has 0 fully saturated rings. The van der Waals surface area contributed by atoms with Crippen LogP contribution < -0.4 is 4.72 Å². The highest BCUT2D eigenvalue weighted by molar-refractivity contribution is 9.10. The summed E-state index contributed by atoms with van der Waals surface area (Å²) in [5.74, 6) is 0.789. The summed E-state index contributed by atoms with van der Waals surface area (Å²) < 4.78 is 34.0. The van der Waals surface area contributed by atoms with Gasteiger partial charge >= 0.3 is 0 Å². The predicted molar refractivity (Wildman–Crippen MR) is 110 cm³/mol. The van der Waals surface area contributed by atoms with Crippen molar-refractivity contribution in [3.63, 3.8) is 0 Å². The Labute approximate surface area is 170 Å². The van der Waals surface area contributed by atoms with Gasteiger partial charge < -0.3 is 4.42 Å². The molecule has 0 amide bonds. The monoisotopic (exact) mass is 455 g/mol. The Bertz CT molecular complexity index is 1190. The number of halogens is 1. The lowest BCUT2D eigenvalue weighted by molar-refractivity contribution is 0.584. The molecular formula is C20H14BrN3O3S. The summed E-state index contributed by atoms with van der Waals surface area (Å²) in [7, 11) is -3.66. The minimum Gasteiger partial charge on any atom is -0.416 e. The van der Waals surface area contributed by atoms with Crippen LogP contribution in [-0.4, -0.2) is 18.6 Å². The van der Waals surface area contributed by atoms with Gasteiger partial charge in [-0.15, -0.1) is 10.2 Å². The van der Waals surface area contributed by atoms with Crippen molar-refractivity contribution >= 4 is 31.6 Å². The Morgan fingerprint density at radius 2 is 1.32 bits per heavy atom. The fourth-order valence-electron chi connectivity index (χ4n) is 2.55. The molecule has 140 valence electrons. The van der Waals surface area contributed by atoms with Crippen molar-refractivity contribution in [2.24, 2.45) is 0 Å². The van der Waals surface area contributed by atoms with Gasteiger partial charge in [0.2, 0.25) is 11.8 Å². The predicted octanol–water partition coefficient (Wildman–Crippen LogP) is 4.97. The van der Waals surface area contributed by atoms with E-state index in [0.717, 1.165) is 10.0 Å². The maximum Gasteiger partial charge on any atom is 0.261 e. The van der Waals surface area contributed by atoms with E-state index in [9.17, 15) is 8.42 Å². The highest BCUT2D eigenvalue weighted by Gasteiger charge is 2.15. The third kappa shape index (κ3) is 3.97. The van der Waals surface area contributed by atoms with Gasteiger partial charge in [0.15, 0.2) is 0 Å². The summed E-state index contributed by atoms with van der Waals surface area (Å²) in [6.45, 7) is 0. The normalized spacial score (nSPS) is 11.3. The van der Waals surface area contributed by atoms with Crippen LogP contribution in [-0.2, 0) is 10.0 Å². The Kier molecular flexibility index (Phi) is 4.97. The van der Waals surface area contributed by atoms with Gasteiger partial charge in [-0.2, -0.15) is 0 Å². The molecule has 0 atom stereocenters. The number of hydrogen-bond donors (Lipinski definition) is 1. The number of sulfonamides is 1. The Morgan fingerprint density at radius 3 is 1.93 bits per heavy atom. The molecule has 1 N–H and O–H groups in total. The number of rotatable bonds is 5. The minimum atomic E-state index is -3.66. The van der Waals surface area contributed by atoms with Gasteiger partial charge in [-0.05, 0) is 60.7 Å². The second-order valence-corrected chi connectivity index (χ2v) is 8.51. The number of nitrogens with zero attached hydrogens (tertiary/aromatic N) is 2. The highest BCUT2D eigenvalue weighted by atomic mass is 79.9. The summed E-state index contributed by atoms with van der Waals surface area (Å²) in [4.78, 5) is 0.184. The average Bonchev–Trinajstić information content (AvgIpc) is 3.19. The van der Waals surface area contributed by atoms with E-state index in [4.69, 9.17) is 4.42 Å². The van der Waals surface area contributed by atoms with Crippen LogP contribution in [0.1, 0.15) is 0 Å². The molecule has 4 aromatic rings. The van der Waals surface area contributed by atoms with Crippen molar-refractivity contribution in [2.75, 3.05) is 4.72 Å². The van der Waals surface area contributed by atoms with E-state index in [1.54, 1.807) is 36.4 Å². The van der Waals surface area contributed by atoms with E-state index in [1.165, 1.54) is 12.1 Å². The van der Waals surface area contributed by atoms with Gasteiger partial charge in [-0.3, -0.25) is 4.72 Å². The lowest BCUT2D eigenvalue weighted by atomic mass is 10.2. The van der Waals surface area contributed by atoms with E-state index in [1.807, 2.05) is 30.3 Å². The maximum atomic E-state index is 12.5. The van der Waals surface area contributed by atoms with Gasteiger partial charge in [0.1, 0.15) is 0 Å². The second kappa shape index (κ2) is 7.57. The summed E-state index contributed by atoms with van der Waals surface area (Å²) in [5.41, 5.74) is 1.97. The van der Waals surface area contributed by atoms with Crippen LogP contribution in [0.5, 0.6) is 0 Å². The van der Waals surface area contributed by atoms with Crippen molar-refractivity contribution in [1.29, 1.82) is 0 Å². The molecule has 0 aliphatic heterocycles. The Morgan fingerprint density at radius 1 is 0.750 bits per heavy atom. The quantitative estimate of drug-likeness (QED) is 0.459. The van der Waals surface area contributed by atoms with Gasteiger partial charge in [0, 0.05) is 21.3 Å². The fraction of sp³-hybridized carbons (Fsp3) is 0. The molecule has 0 saturated heterocycles. The van der Waals surface area contributed by atoms with Crippen LogP contribution in [0.3, 0.4) is 0 Å². The topological polar surface area (TPSA) is 85.1 Å². The number of benzene rings is 3. The molecule has 0 radical (unpaired) electrons. The lowest BCUT2D eigenvalue weighted by Gasteiger charge is -2.08. The average molecular weight is 456 g/mol. The first kappa shape index (κ1) is 18.4. The molecule has 1 aromatic heterocycles. The molecule has 0 bridgehead atoms. The van der Waals surface area contributed by atoms with Crippen LogP contribution in [0.15, 0.2) is 92.6 Å². The van der Waals surface area contributed by atoms with Gasteiger partial charge in [0.05, 0.1) is 4.90 Å². The van der Waals surface area contributed by atoms with E-state index < -0.39 is 10.0 Å². The first-order valence-electron chi connectivity index (χ1n) is 8.29. The Balaban J connectivity index is 1.53. The summed E-state index contributed by atoms with van der Waals surface area (Å²) in [5, 5.41) is 8.12. The largest absolute Gasteiger partial charge is 0.416 e. The zero-order valence-corrected chi connectivity index (χ0v) is 16.8. The molecule has 28 heavy (non-hydrogen) atoms. The third-order valence-corrected chi connectivity index (χ3v) is 5.88. The smallest absolute Gasteiger partial charge is 0.261 e. The molecule has 0 saturated carbocycles. The molecule has 0 spiro atoms. The molecule has 0 aliphatic rings. The van der Waals surface area contributed by atoms with Crippen LogP contribution in [0.4, 0.5) is 5.69 Å². The molecule has 0 unspecified atom stereocenters. The maximum absolute atomic E-state index is 12.5. The molecule has 3 aromatic carbocycles. The van der Waals surface area contributed by atoms with Crippen LogP contribution >= 0.6 is 15.9 Å². The van der Waals surface area contributed by atoms with E-state index >= 15 is 0 Å². The highest BCUT2D eigenvalue weighted by Crippen LogP contribution is 2.25. The SMILES string of the molecule is O=S(=O)(Nc1ccc(-c2nnc(-c3ccccc3)o2)cc1)c1ccc(Br)cc1. The van der Waals surface area contributed by atoms with E-state index in [2.05, 4.69) is 30.8 Å². The Hall–Kier alpha value is -2.97. The van der Waals surface area contributed by atoms with E-state index in [-0.39, 0.29) is 4.90 Å². The lowest BCUT2D eigenvalue weighted by Crippen LogP contribution is -2.12. The standard InChI is InChI=1S/C20H14BrN3O3S/c21-16-8-12-18(13-9-16)28(25,26)24-17-10-6-15(7-11-17)20-23-22-19(27-20)14-4-2-1-3-5-14/h1-13,24H. The van der Waals surface area contributed by atoms with Crippen molar-refractivity contribution in [3.8, 4) is 22.9 Å². The third-order valence-electron chi connectivity index (χ3n) is 3.95. The summed E-state index contributed by atoms with van der Waals surface area (Å²) in [6, 6.07) is 22.6. The molecule has 0 aliphatic carbocycles. The number of aromatic nitrogens is 2. The first-order valence-corrected chi connectivity index (χ1v) is 10.6. The van der Waals surface area contributed by atoms with Crippen LogP contribution in [0, 0.1) is 0 Å². The van der Waals surface area contributed by atoms with Gasteiger partial charge in [-0.25, -0.2) is 8.42 Å². The summed E-state index contributed by atoms with van der Waals surface area (Å²) >= 11 is 3.29. The molecule has 8 heteroatoms. The van der Waals surface area contributed by atoms with Gasteiger partial charge in [0.25, 0.3) is 10.0 Å². The number of hydrogen-bond acceptors (Lipinski definition) is 5. The zero-order valence-electron chi connectivity index (χ0n) is 14.4. The van der Waals surface area contributed by atoms with Crippen LogP contribution in [0.25, 0.3) is 22.9 Å². The fourth-order valence-corrected chi connectivity index (χ4v) is 3.87. The van der Waals surface area contributed by atoms with Crippen molar-refractivity contribution < 1.29 is 12.8 Å². The van der Waals surface area contributed by atoms with Crippen molar-refractivity contribution in [2.45, 2.75) is 4.90 Å². The molecule has 6 nitrogen and oxygen atoms in total. The second-order valence-electron chi connectivity index (χ2n) is 5.92. The first-order chi connectivity index (χ1) is 13.5. The summed E-state index contributed by atoms with van der Waals surface area (Å²) in [6.07, 6.45) is 0.